The highest BCUT2D eigenvalue weighted by Gasteiger charge is 2.18. The van der Waals surface area contributed by atoms with Crippen molar-refractivity contribution in [2.24, 2.45) is 0 Å². The van der Waals surface area contributed by atoms with Crippen molar-refractivity contribution < 1.29 is 13.6 Å². The summed E-state index contributed by atoms with van der Waals surface area (Å²) in [6, 6.07) is 8.95. The first kappa shape index (κ1) is 13.9. The smallest absolute Gasteiger partial charge is 0.167 e. The van der Waals surface area contributed by atoms with Crippen LogP contribution in [-0.2, 0) is 19.4 Å². The van der Waals surface area contributed by atoms with Crippen LogP contribution in [0.5, 0.6) is 0 Å². The highest BCUT2D eigenvalue weighted by atomic mass is 19.1. The lowest BCUT2D eigenvalue weighted by atomic mass is 9.91. The van der Waals surface area contributed by atoms with Crippen molar-refractivity contribution in [1.82, 2.24) is 5.32 Å². The quantitative estimate of drug-likeness (QED) is 0.879. The van der Waals surface area contributed by atoms with Gasteiger partial charge in [0.05, 0.1) is 0 Å². The largest absolute Gasteiger partial charge is 0.312 e. The zero-order valence-corrected chi connectivity index (χ0v) is 11.5. The second-order valence-electron chi connectivity index (χ2n) is 5.21. The minimum absolute atomic E-state index is 0.0456. The van der Waals surface area contributed by atoms with Gasteiger partial charge in [0.1, 0.15) is 11.6 Å². The van der Waals surface area contributed by atoms with Crippen molar-refractivity contribution in [2.75, 3.05) is 6.54 Å². The van der Waals surface area contributed by atoms with Crippen molar-refractivity contribution in [1.29, 1.82) is 0 Å². The molecule has 1 aliphatic rings. The summed E-state index contributed by atoms with van der Waals surface area (Å²) in [4.78, 5) is 12.4. The Morgan fingerprint density at radius 3 is 2.86 bits per heavy atom. The molecule has 2 aromatic rings. The van der Waals surface area contributed by atoms with Crippen LogP contribution in [0.25, 0.3) is 0 Å². The fourth-order valence-corrected chi connectivity index (χ4v) is 2.73. The average molecular weight is 287 g/mol. The van der Waals surface area contributed by atoms with E-state index in [0.717, 1.165) is 36.7 Å². The maximum atomic E-state index is 13.7. The normalized spacial score (nSPS) is 13.8. The summed E-state index contributed by atoms with van der Waals surface area (Å²) in [5.74, 6) is -1.43. The van der Waals surface area contributed by atoms with E-state index in [2.05, 4.69) is 5.32 Å². The van der Waals surface area contributed by atoms with Gasteiger partial charge < -0.3 is 5.32 Å². The van der Waals surface area contributed by atoms with Gasteiger partial charge in [-0.3, -0.25) is 4.79 Å². The number of carbonyl (C=O) groups is 1. The molecule has 0 bridgehead atoms. The molecule has 0 atom stereocenters. The van der Waals surface area contributed by atoms with Gasteiger partial charge in [0, 0.05) is 24.6 Å². The molecular formula is C17H15F2NO. The zero-order valence-electron chi connectivity index (χ0n) is 11.5. The molecule has 0 saturated heterocycles. The Labute approximate surface area is 121 Å². The predicted molar refractivity (Wildman–Crippen MR) is 76.2 cm³/mol. The maximum Gasteiger partial charge on any atom is 0.167 e. The molecule has 0 aliphatic carbocycles. The molecule has 0 spiro atoms. The Morgan fingerprint density at radius 2 is 2.05 bits per heavy atom. The molecule has 1 N–H and O–H groups in total. The molecule has 108 valence electrons. The summed E-state index contributed by atoms with van der Waals surface area (Å²) in [5, 5.41) is 3.26. The van der Waals surface area contributed by atoms with Crippen molar-refractivity contribution in [3.05, 3.63) is 70.3 Å². The van der Waals surface area contributed by atoms with Crippen LogP contribution in [0, 0.1) is 11.6 Å². The lowest BCUT2D eigenvalue weighted by Gasteiger charge is -2.19. The van der Waals surface area contributed by atoms with E-state index in [4.69, 9.17) is 0 Å². The number of benzene rings is 2. The minimum atomic E-state index is -0.671. The lowest BCUT2D eigenvalue weighted by Crippen LogP contribution is -2.25. The molecule has 0 amide bonds. The molecule has 0 aromatic heterocycles. The number of fused-ring (bicyclic) bond motifs is 1. The second-order valence-corrected chi connectivity index (χ2v) is 5.21. The zero-order chi connectivity index (χ0) is 14.8. The highest BCUT2D eigenvalue weighted by molar-refractivity contribution is 5.99. The van der Waals surface area contributed by atoms with Crippen molar-refractivity contribution in [3.63, 3.8) is 0 Å². The van der Waals surface area contributed by atoms with Crippen molar-refractivity contribution in [3.8, 4) is 0 Å². The average Bonchev–Trinajstić information content (AvgIpc) is 2.49. The van der Waals surface area contributed by atoms with Gasteiger partial charge in [-0.25, -0.2) is 8.78 Å². The molecule has 2 aromatic carbocycles. The summed E-state index contributed by atoms with van der Waals surface area (Å²) in [6.07, 6.45) is 0.749. The molecular weight excluding hydrogens is 272 g/mol. The predicted octanol–water partition coefficient (Wildman–Crippen LogP) is 3.04. The Kier molecular flexibility index (Phi) is 3.80. The molecule has 0 fully saturated rings. The van der Waals surface area contributed by atoms with E-state index in [1.165, 1.54) is 12.1 Å². The van der Waals surface area contributed by atoms with E-state index in [-0.39, 0.29) is 17.8 Å². The van der Waals surface area contributed by atoms with Crippen LogP contribution in [0.15, 0.2) is 36.4 Å². The summed E-state index contributed by atoms with van der Waals surface area (Å²) < 4.78 is 26.6. The van der Waals surface area contributed by atoms with Gasteiger partial charge in [-0.05, 0) is 35.7 Å². The standard InChI is InChI=1S/C17H15F2NO/c18-13-5-4-11(16(19)9-13)8-17(21)15-3-1-2-12-10-20-7-6-14(12)15/h1-5,9,20H,6-8,10H2. The van der Waals surface area contributed by atoms with Gasteiger partial charge in [0.15, 0.2) is 5.78 Å². The fourth-order valence-electron chi connectivity index (χ4n) is 2.73. The van der Waals surface area contributed by atoms with E-state index in [0.29, 0.717) is 5.56 Å². The van der Waals surface area contributed by atoms with E-state index >= 15 is 0 Å². The maximum absolute atomic E-state index is 13.7. The molecule has 4 heteroatoms. The molecule has 1 heterocycles. The Morgan fingerprint density at radius 1 is 1.19 bits per heavy atom. The third-order valence-corrected chi connectivity index (χ3v) is 3.81. The second kappa shape index (κ2) is 5.74. The number of ketones is 1. The van der Waals surface area contributed by atoms with Crippen LogP contribution in [0.3, 0.4) is 0 Å². The first-order valence-electron chi connectivity index (χ1n) is 6.94. The molecule has 0 radical (unpaired) electrons. The Bertz CT molecular complexity index is 697. The number of halogens is 2. The molecule has 1 aliphatic heterocycles. The van der Waals surface area contributed by atoms with E-state index < -0.39 is 11.6 Å². The number of nitrogens with one attached hydrogen (secondary N) is 1. The van der Waals surface area contributed by atoms with Gasteiger partial charge in [0.2, 0.25) is 0 Å². The lowest BCUT2D eigenvalue weighted by molar-refractivity contribution is 0.0990. The van der Waals surface area contributed by atoms with Crippen LogP contribution in [0.4, 0.5) is 8.78 Å². The summed E-state index contributed by atoms with van der Waals surface area (Å²) in [7, 11) is 0. The Hall–Kier alpha value is -2.07. The van der Waals surface area contributed by atoms with Crippen LogP contribution in [-0.4, -0.2) is 12.3 Å². The van der Waals surface area contributed by atoms with Crippen LogP contribution in [0.2, 0.25) is 0 Å². The summed E-state index contributed by atoms with van der Waals surface area (Å²) in [5.41, 5.74) is 3.04. The molecule has 2 nitrogen and oxygen atoms in total. The highest BCUT2D eigenvalue weighted by Crippen LogP contribution is 2.21. The van der Waals surface area contributed by atoms with Crippen molar-refractivity contribution in [2.45, 2.75) is 19.4 Å². The SMILES string of the molecule is O=C(Cc1ccc(F)cc1F)c1cccc2c1CCNC2. The first-order chi connectivity index (χ1) is 10.1. The van der Waals surface area contributed by atoms with Gasteiger partial charge in [-0.2, -0.15) is 0 Å². The molecule has 21 heavy (non-hydrogen) atoms. The third-order valence-electron chi connectivity index (χ3n) is 3.81. The van der Waals surface area contributed by atoms with Gasteiger partial charge in [-0.1, -0.05) is 24.3 Å². The number of hydrogen-bond acceptors (Lipinski definition) is 2. The van der Waals surface area contributed by atoms with Crippen LogP contribution >= 0.6 is 0 Å². The number of hydrogen-bond donors (Lipinski definition) is 1. The van der Waals surface area contributed by atoms with E-state index in [9.17, 15) is 13.6 Å². The molecule has 0 unspecified atom stereocenters. The van der Waals surface area contributed by atoms with Crippen molar-refractivity contribution >= 4 is 5.78 Å². The molecule has 3 rings (SSSR count). The number of carbonyl (C=O) groups excluding carboxylic acids is 1. The van der Waals surface area contributed by atoms with E-state index in [1.807, 2.05) is 12.1 Å². The number of rotatable bonds is 3. The van der Waals surface area contributed by atoms with Crippen LogP contribution in [0.1, 0.15) is 27.0 Å². The summed E-state index contributed by atoms with van der Waals surface area (Å²) >= 11 is 0. The monoisotopic (exact) mass is 287 g/mol. The Balaban J connectivity index is 1.89. The molecule has 0 saturated carbocycles. The van der Waals surface area contributed by atoms with Crippen LogP contribution < -0.4 is 5.32 Å². The summed E-state index contributed by atoms with van der Waals surface area (Å²) in [6.45, 7) is 1.59. The first-order valence-corrected chi connectivity index (χ1v) is 6.94. The number of Topliss-reactive ketones (excluding diaryl/α,β-unsaturated/α-hetero) is 1. The fraction of sp³-hybridized carbons (Fsp3) is 0.235. The topological polar surface area (TPSA) is 29.1 Å². The minimum Gasteiger partial charge on any atom is -0.312 e. The van der Waals surface area contributed by atoms with E-state index in [1.54, 1.807) is 6.07 Å². The third kappa shape index (κ3) is 2.85. The van der Waals surface area contributed by atoms with Gasteiger partial charge >= 0.3 is 0 Å². The van der Waals surface area contributed by atoms with Gasteiger partial charge in [-0.15, -0.1) is 0 Å². The van der Waals surface area contributed by atoms with Gasteiger partial charge in [0.25, 0.3) is 0 Å².